The zero-order valence-corrected chi connectivity index (χ0v) is 15.2. The molecule has 5 heteroatoms. The standard InChI is InChI=1S/C22H23N3O2/c23-22(14-4-5-15-22)21-24-20(27-25-21)13-12-19(26)18-10-8-17(9-11-18)16-6-2-1-3-7-16/h1-3,6-11H,4-5,12-15,23H2. The van der Waals surface area contributed by atoms with E-state index < -0.39 is 5.54 Å². The molecule has 1 aliphatic rings. The molecule has 0 spiro atoms. The van der Waals surface area contributed by atoms with Crippen LogP contribution in [-0.4, -0.2) is 15.9 Å². The number of benzene rings is 2. The molecule has 0 aliphatic heterocycles. The van der Waals surface area contributed by atoms with Crippen molar-refractivity contribution >= 4 is 5.78 Å². The molecule has 0 bridgehead atoms. The predicted molar refractivity (Wildman–Crippen MR) is 103 cm³/mol. The average molecular weight is 361 g/mol. The highest BCUT2D eigenvalue weighted by molar-refractivity contribution is 5.96. The van der Waals surface area contributed by atoms with E-state index in [-0.39, 0.29) is 5.78 Å². The van der Waals surface area contributed by atoms with Crippen molar-refractivity contribution in [3.05, 3.63) is 71.9 Å². The van der Waals surface area contributed by atoms with Gasteiger partial charge in [0.2, 0.25) is 5.89 Å². The lowest BCUT2D eigenvalue weighted by Gasteiger charge is -2.17. The van der Waals surface area contributed by atoms with Crippen LogP contribution in [0, 0.1) is 0 Å². The van der Waals surface area contributed by atoms with E-state index in [0.717, 1.165) is 36.8 Å². The largest absolute Gasteiger partial charge is 0.339 e. The molecule has 27 heavy (non-hydrogen) atoms. The van der Waals surface area contributed by atoms with Gasteiger partial charge in [0.05, 0.1) is 5.54 Å². The van der Waals surface area contributed by atoms with Gasteiger partial charge in [-0.3, -0.25) is 4.79 Å². The van der Waals surface area contributed by atoms with Crippen LogP contribution in [0.2, 0.25) is 0 Å². The number of hydrogen-bond acceptors (Lipinski definition) is 5. The normalized spacial score (nSPS) is 15.7. The zero-order valence-electron chi connectivity index (χ0n) is 15.2. The Morgan fingerprint density at radius 2 is 1.67 bits per heavy atom. The Kier molecular flexibility index (Phi) is 4.86. The summed E-state index contributed by atoms with van der Waals surface area (Å²) in [4.78, 5) is 16.9. The molecule has 138 valence electrons. The van der Waals surface area contributed by atoms with Crippen molar-refractivity contribution in [3.8, 4) is 11.1 Å². The molecule has 1 fully saturated rings. The highest BCUT2D eigenvalue weighted by Gasteiger charge is 2.35. The fourth-order valence-electron chi connectivity index (χ4n) is 3.63. The quantitative estimate of drug-likeness (QED) is 0.663. The molecule has 0 amide bonds. The van der Waals surface area contributed by atoms with Gasteiger partial charge in [0.25, 0.3) is 0 Å². The SMILES string of the molecule is NC1(c2noc(CCC(=O)c3ccc(-c4ccccc4)cc3)n2)CCCC1. The Hall–Kier alpha value is -2.79. The molecule has 5 nitrogen and oxygen atoms in total. The lowest BCUT2D eigenvalue weighted by molar-refractivity contribution is 0.0979. The first-order valence-corrected chi connectivity index (χ1v) is 9.45. The summed E-state index contributed by atoms with van der Waals surface area (Å²) < 4.78 is 5.31. The molecule has 0 saturated heterocycles. The molecular formula is C22H23N3O2. The van der Waals surface area contributed by atoms with E-state index in [2.05, 4.69) is 22.3 Å². The van der Waals surface area contributed by atoms with Crippen LogP contribution in [0.15, 0.2) is 59.1 Å². The molecule has 4 rings (SSSR count). The van der Waals surface area contributed by atoms with Gasteiger partial charge in [-0.25, -0.2) is 0 Å². The minimum Gasteiger partial charge on any atom is -0.339 e. The summed E-state index contributed by atoms with van der Waals surface area (Å²) in [7, 11) is 0. The number of hydrogen-bond donors (Lipinski definition) is 1. The van der Waals surface area contributed by atoms with E-state index in [1.807, 2.05) is 42.5 Å². The third-order valence-electron chi connectivity index (χ3n) is 5.29. The summed E-state index contributed by atoms with van der Waals surface area (Å²) >= 11 is 0. The number of aromatic nitrogens is 2. The van der Waals surface area contributed by atoms with Crippen molar-refractivity contribution in [2.45, 2.75) is 44.1 Å². The number of nitrogens with zero attached hydrogens (tertiary/aromatic N) is 2. The van der Waals surface area contributed by atoms with E-state index in [1.165, 1.54) is 0 Å². The van der Waals surface area contributed by atoms with Crippen LogP contribution in [0.4, 0.5) is 0 Å². The Morgan fingerprint density at radius 1 is 1.00 bits per heavy atom. The molecule has 0 unspecified atom stereocenters. The summed E-state index contributed by atoms with van der Waals surface area (Å²) in [5, 5.41) is 4.04. The van der Waals surface area contributed by atoms with Gasteiger partial charge < -0.3 is 10.3 Å². The first-order chi connectivity index (χ1) is 13.1. The summed E-state index contributed by atoms with van der Waals surface area (Å²) in [6, 6.07) is 17.8. The first-order valence-electron chi connectivity index (χ1n) is 9.45. The Balaban J connectivity index is 1.38. The lowest BCUT2D eigenvalue weighted by Crippen LogP contribution is -2.34. The molecule has 0 atom stereocenters. The maximum Gasteiger partial charge on any atom is 0.227 e. The lowest BCUT2D eigenvalue weighted by atomic mass is 9.98. The Morgan fingerprint density at radius 3 is 2.37 bits per heavy atom. The molecule has 2 N–H and O–H groups in total. The molecule has 1 saturated carbocycles. The molecule has 2 aromatic carbocycles. The van der Waals surface area contributed by atoms with Crippen LogP contribution >= 0.6 is 0 Å². The molecule has 1 aliphatic carbocycles. The van der Waals surface area contributed by atoms with E-state index in [0.29, 0.717) is 30.1 Å². The highest BCUT2D eigenvalue weighted by Crippen LogP contribution is 2.34. The van der Waals surface area contributed by atoms with Crippen molar-refractivity contribution in [3.63, 3.8) is 0 Å². The summed E-state index contributed by atoms with van der Waals surface area (Å²) in [5.74, 6) is 1.13. The van der Waals surface area contributed by atoms with Crippen LogP contribution in [-0.2, 0) is 12.0 Å². The minimum absolute atomic E-state index is 0.0673. The predicted octanol–water partition coefficient (Wildman–Crippen LogP) is 4.28. The van der Waals surface area contributed by atoms with Crippen LogP contribution in [0.3, 0.4) is 0 Å². The number of nitrogens with two attached hydrogens (primary N) is 1. The van der Waals surface area contributed by atoms with Gasteiger partial charge in [0.15, 0.2) is 11.6 Å². The van der Waals surface area contributed by atoms with Gasteiger partial charge >= 0.3 is 0 Å². The second kappa shape index (κ2) is 7.45. The number of Topliss-reactive ketones (excluding diaryl/α,β-unsaturated/α-hetero) is 1. The smallest absolute Gasteiger partial charge is 0.227 e. The monoisotopic (exact) mass is 361 g/mol. The van der Waals surface area contributed by atoms with Gasteiger partial charge in [0.1, 0.15) is 0 Å². The zero-order chi connectivity index (χ0) is 18.7. The maximum atomic E-state index is 12.5. The van der Waals surface area contributed by atoms with Crippen LogP contribution in [0.5, 0.6) is 0 Å². The second-order valence-corrected chi connectivity index (χ2v) is 7.24. The van der Waals surface area contributed by atoms with Crippen molar-refractivity contribution in [1.29, 1.82) is 0 Å². The first kappa shape index (κ1) is 17.6. The van der Waals surface area contributed by atoms with Crippen LogP contribution in [0.25, 0.3) is 11.1 Å². The number of ketones is 1. The molecule has 3 aromatic rings. The fraction of sp³-hybridized carbons (Fsp3) is 0.318. The third kappa shape index (κ3) is 3.83. The minimum atomic E-state index is -0.459. The van der Waals surface area contributed by atoms with E-state index in [9.17, 15) is 4.79 Å². The van der Waals surface area contributed by atoms with Crippen LogP contribution < -0.4 is 5.73 Å². The summed E-state index contributed by atoms with van der Waals surface area (Å²) in [6.07, 6.45) is 4.74. The molecular weight excluding hydrogens is 338 g/mol. The number of carbonyl (C=O) groups excluding carboxylic acids is 1. The van der Waals surface area contributed by atoms with Gasteiger partial charge in [-0.15, -0.1) is 0 Å². The number of carbonyl (C=O) groups is 1. The average Bonchev–Trinajstić information content (AvgIpc) is 3.37. The highest BCUT2D eigenvalue weighted by atomic mass is 16.5. The summed E-state index contributed by atoms with van der Waals surface area (Å²) in [5.41, 5.74) is 8.82. The maximum absolute atomic E-state index is 12.5. The number of rotatable bonds is 6. The van der Waals surface area contributed by atoms with E-state index in [4.69, 9.17) is 10.3 Å². The van der Waals surface area contributed by atoms with E-state index >= 15 is 0 Å². The van der Waals surface area contributed by atoms with Gasteiger partial charge in [-0.1, -0.05) is 72.6 Å². The summed E-state index contributed by atoms with van der Waals surface area (Å²) in [6.45, 7) is 0. The van der Waals surface area contributed by atoms with Gasteiger partial charge in [-0.2, -0.15) is 4.98 Å². The van der Waals surface area contributed by atoms with Crippen molar-refractivity contribution in [1.82, 2.24) is 10.1 Å². The number of aryl methyl sites for hydroxylation is 1. The third-order valence-corrected chi connectivity index (χ3v) is 5.29. The molecule has 1 heterocycles. The van der Waals surface area contributed by atoms with E-state index in [1.54, 1.807) is 0 Å². The van der Waals surface area contributed by atoms with Gasteiger partial charge in [0, 0.05) is 18.4 Å². The van der Waals surface area contributed by atoms with Gasteiger partial charge in [-0.05, 0) is 24.0 Å². The Labute approximate surface area is 158 Å². The van der Waals surface area contributed by atoms with Crippen molar-refractivity contribution < 1.29 is 9.32 Å². The Bertz CT molecular complexity index is 910. The topological polar surface area (TPSA) is 82.0 Å². The second-order valence-electron chi connectivity index (χ2n) is 7.24. The van der Waals surface area contributed by atoms with Crippen LogP contribution in [0.1, 0.15) is 54.2 Å². The van der Waals surface area contributed by atoms with Crippen molar-refractivity contribution in [2.75, 3.05) is 0 Å². The molecule has 0 radical (unpaired) electrons. The fourth-order valence-corrected chi connectivity index (χ4v) is 3.63. The molecule has 1 aromatic heterocycles. The van der Waals surface area contributed by atoms with Crippen molar-refractivity contribution in [2.24, 2.45) is 5.73 Å².